The summed E-state index contributed by atoms with van der Waals surface area (Å²) in [6.45, 7) is 2.66. The number of carbonyl (C=O) groups excluding carboxylic acids is 1. The summed E-state index contributed by atoms with van der Waals surface area (Å²) in [5.41, 5.74) is 1.33. The molecule has 4 aromatic rings. The fourth-order valence-electron chi connectivity index (χ4n) is 3.50. The molecule has 8 nitrogen and oxygen atoms in total. The first-order valence-electron chi connectivity index (χ1n) is 9.50. The zero-order valence-electron chi connectivity index (χ0n) is 15.7. The fraction of sp³-hybridized carbons (Fsp3) is 0.190. The first kappa shape index (κ1) is 17.3. The van der Waals surface area contributed by atoms with E-state index in [1.54, 1.807) is 18.6 Å². The molecule has 144 valence electrons. The van der Waals surface area contributed by atoms with Gasteiger partial charge in [0.2, 0.25) is 0 Å². The Hall–Kier alpha value is -3.81. The largest absolute Gasteiger partial charge is 0.352 e. The van der Waals surface area contributed by atoms with E-state index < -0.39 is 0 Å². The van der Waals surface area contributed by atoms with E-state index in [0.29, 0.717) is 31.9 Å². The van der Waals surface area contributed by atoms with Gasteiger partial charge in [0.15, 0.2) is 11.6 Å². The molecule has 1 fully saturated rings. The third-order valence-electron chi connectivity index (χ3n) is 5.11. The van der Waals surface area contributed by atoms with E-state index in [0.717, 1.165) is 22.5 Å². The summed E-state index contributed by atoms with van der Waals surface area (Å²) in [5.74, 6) is 1.50. The Bertz CT molecular complexity index is 1130. The van der Waals surface area contributed by atoms with E-state index in [2.05, 4.69) is 25.1 Å². The van der Waals surface area contributed by atoms with Gasteiger partial charge >= 0.3 is 0 Å². The van der Waals surface area contributed by atoms with Gasteiger partial charge in [-0.15, -0.1) is 10.2 Å². The van der Waals surface area contributed by atoms with Crippen molar-refractivity contribution in [1.29, 1.82) is 0 Å². The number of amides is 1. The Balaban J connectivity index is 1.25. The molecular weight excluding hydrogens is 366 g/mol. The van der Waals surface area contributed by atoms with E-state index in [1.807, 2.05) is 58.1 Å². The summed E-state index contributed by atoms with van der Waals surface area (Å²) in [4.78, 5) is 25.4. The number of hydrogen-bond donors (Lipinski definition) is 0. The Labute approximate surface area is 167 Å². The molecule has 0 unspecified atom stereocenters. The van der Waals surface area contributed by atoms with Gasteiger partial charge in [0, 0.05) is 44.0 Å². The van der Waals surface area contributed by atoms with E-state index in [-0.39, 0.29) is 5.91 Å². The summed E-state index contributed by atoms with van der Waals surface area (Å²) in [5, 5.41) is 9.63. The van der Waals surface area contributed by atoms with Crippen molar-refractivity contribution in [3.8, 4) is 5.82 Å². The van der Waals surface area contributed by atoms with Crippen molar-refractivity contribution in [2.45, 2.75) is 0 Å². The quantitative estimate of drug-likeness (QED) is 0.538. The van der Waals surface area contributed by atoms with Crippen molar-refractivity contribution in [3.05, 3.63) is 72.9 Å². The lowest BCUT2D eigenvalue weighted by atomic mass is 10.2. The van der Waals surface area contributed by atoms with Gasteiger partial charge in [-0.05, 0) is 24.3 Å². The lowest BCUT2D eigenvalue weighted by Crippen LogP contribution is -2.49. The highest BCUT2D eigenvalue weighted by Gasteiger charge is 2.24. The summed E-state index contributed by atoms with van der Waals surface area (Å²) in [6.07, 6.45) is 5.22. The molecule has 3 aromatic heterocycles. The smallest absolute Gasteiger partial charge is 0.272 e. The fourth-order valence-corrected chi connectivity index (χ4v) is 3.50. The molecule has 0 bridgehead atoms. The van der Waals surface area contributed by atoms with Crippen LogP contribution in [0.1, 0.15) is 10.5 Å². The average Bonchev–Trinajstić information content (AvgIpc) is 3.33. The van der Waals surface area contributed by atoms with E-state index in [4.69, 9.17) is 0 Å². The van der Waals surface area contributed by atoms with Crippen LogP contribution in [-0.2, 0) is 0 Å². The molecule has 0 radical (unpaired) electrons. The van der Waals surface area contributed by atoms with Crippen LogP contribution in [0.15, 0.2) is 67.3 Å². The van der Waals surface area contributed by atoms with E-state index in [9.17, 15) is 4.79 Å². The second kappa shape index (κ2) is 7.31. The maximum atomic E-state index is 12.9. The number of benzene rings is 1. The zero-order chi connectivity index (χ0) is 19.6. The Kier molecular flexibility index (Phi) is 4.36. The van der Waals surface area contributed by atoms with Crippen LogP contribution in [0.4, 0.5) is 5.82 Å². The minimum absolute atomic E-state index is 0.0306. The predicted molar refractivity (Wildman–Crippen MR) is 109 cm³/mol. The van der Waals surface area contributed by atoms with Crippen molar-refractivity contribution >= 4 is 22.6 Å². The van der Waals surface area contributed by atoms with Crippen LogP contribution < -0.4 is 4.90 Å². The van der Waals surface area contributed by atoms with Gasteiger partial charge in [0.25, 0.3) is 5.91 Å². The number of rotatable bonds is 3. The molecule has 1 aromatic carbocycles. The zero-order valence-corrected chi connectivity index (χ0v) is 15.7. The third-order valence-corrected chi connectivity index (χ3v) is 5.11. The monoisotopic (exact) mass is 385 g/mol. The Morgan fingerprint density at radius 3 is 2.41 bits per heavy atom. The molecule has 1 amide bonds. The van der Waals surface area contributed by atoms with Gasteiger partial charge in [-0.25, -0.2) is 9.97 Å². The molecule has 4 heterocycles. The molecule has 0 saturated carbocycles. The number of carbonyl (C=O) groups is 1. The summed E-state index contributed by atoms with van der Waals surface area (Å²) < 4.78 is 1.81. The molecule has 0 spiro atoms. The molecule has 5 rings (SSSR count). The number of fused-ring (bicyclic) bond motifs is 1. The van der Waals surface area contributed by atoms with Crippen LogP contribution in [0.3, 0.4) is 0 Å². The van der Waals surface area contributed by atoms with Gasteiger partial charge in [0.05, 0.1) is 5.52 Å². The molecule has 8 heteroatoms. The van der Waals surface area contributed by atoms with Gasteiger partial charge in [0.1, 0.15) is 12.0 Å². The molecule has 0 N–H and O–H groups in total. The molecule has 1 aliphatic rings. The SMILES string of the molecule is O=C(c1ccc2ccccc2n1)N1CCN(c2ccc(-n3ccnc3)nn2)CC1. The van der Waals surface area contributed by atoms with Gasteiger partial charge < -0.3 is 9.80 Å². The van der Waals surface area contributed by atoms with Gasteiger partial charge in [-0.3, -0.25) is 9.36 Å². The number of piperazine rings is 1. The standard InChI is InChI=1S/C21H19N7O/c29-21(18-6-5-16-3-1-2-4-17(16)23-18)27-13-11-26(12-14-27)19-7-8-20(25-24-19)28-10-9-22-15-28/h1-10,15H,11-14H2. The number of para-hydroxylation sites is 1. The molecule has 1 aliphatic heterocycles. The van der Waals surface area contributed by atoms with Crippen molar-refractivity contribution in [3.63, 3.8) is 0 Å². The number of nitrogens with zero attached hydrogens (tertiary/aromatic N) is 7. The molecule has 29 heavy (non-hydrogen) atoms. The minimum atomic E-state index is -0.0306. The van der Waals surface area contributed by atoms with Crippen molar-refractivity contribution in [2.75, 3.05) is 31.1 Å². The molecule has 1 saturated heterocycles. The van der Waals surface area contributed by atoms with E-state index in [1.165, 1.54) is 0 Å². The van der Waals surface area contributed by atoms with Crippen molar-refractivity contribution < 1.29 is 4.79 Å². The highest BCUT2D eigenvalue weighted by Crippen LogP contribution is 2.17. The van der Waals surface area contributed by atoms with Crippen LogP contribution in [0, 0.1) is 0 Å². The number of pyridine rings is 1. The normalized spacial score (nSPS) is 14.3. The third kappa shape index (κ3) is 3.40. The Morgan fingerprint density at radius 1 is 0.862 bits per heavy atom. The van der Waals surface area contributed by atoms with Crippen LogP contribution in [0.25, 0.3) is 16.7 Å². The number of anilines is 1. The van der Waals surface area contributed by atoms with Gasteiger partial charge in [-0.2, -0.15) is 0 Å². The topological polar surface area (TPSA) is 80.0 Å². The maximum absolute atomic E-state index is 12.9. The number of aromatic nitrogens is 5. The summed E-state index contributed by atoms with van der Waals surface area (Å²) in [6, 6.07) is 15.4. The summed E-state index contributed by atoms with van der Waals surface area (Å²) in [7, 11) is 0. The van der Waals surface area contributed by atoms with Crippen LogP contribution in [-0.4, -0.2) is 61.7 Å². The first-order chi connectivity index (χ1) is 14.3. The molecule has 0 atom stereocenters. The van der Waals surface area contributed by atoms with Crippen LogP contribution >= 0.6 is 0 Å². The number of hydrogen-bond acceptors (Lipinski definition) is 6. The maximum Gasteiger partial charge on any atom is 0.272 e. The Morgan fingerprint density at radius 2 is 1.66 bits per heavy atom. The second-order valence-corrected chi connectivity index (χ2v) is 6.89. The second-order valence-electron chi connectivity index (χ2n) is 6.89. The van der Waals surface area contributed by atoms with Gasteiger partial charge in [-0.1, -0.05) is 24.3 Å². The number of imidazole rings is 1. The van der Waals surface area contributed by atoms with Crippen molar-refractivity contribution in [2.24, 2.45) is 0 Å². The molecule has 0 aliphatic carbocycles. The molecular formula is C21H19N7O. The predicted octanol–water partition coefficient (Wildman–Crippen LogP) is 2.17. The van der Waals surface area contributed by atoms with E-state index >= 15 is 0 Å². The van der Waals surface area contributed by atoms with Crippen molar-refractivity contribution in [1.82, 2.24) is 29.6 Å². The lowest BCUT2D eigenvalue weighted by molar-refractivity contribution is 0.0741. The van der Waals surface area contributed by atoms with Crippen LogP contribution in [0.2, 0.25) is 0 Å². The minimum Gasteiger partial charge on any atom is -0.352 e. The summed E-state index contributed by atoms with van der Waals surface area (Å²) >= 11 is 0. The average molecular weight is 385 g/mol. The highest BCUT2D eigenvalue weighted by atomic mass is 16.2. The highest BCUT2D eigenvalue weighted by molar-refractivity contribution is 5.95. The van der Waals surface area contributed by atoms with Crippen LogP contribution in [0.5, 0.6) is 0 Å². The lowest BCUT2D eigenvalue weighted by Gasteiger charge is -2.35. The first-order valence-corrected chi connectivity index (χ1v) is 9.50.